The van der Waals surface area contributed by atoms with E-state index in [9.17, 15) is 24.6 Å². The van der Waals surface area contributed by atoms with Crippen LogP contribution in [-0.2, 0) is 35.3 Å². The van der Waals surface area contributed by atoms with Crippen LogP contribution in [0.25, 0.3) is 32.8 Å². The number of furan rings is 1. The van der Waals surface area contributed by atoms with Gasteiger partial charge in [-0.05, 0) is 68.0 Å². The number of hydrogen-bond donors (Lipinski definition) is 4. The summed E-state index contributed by atoms with van der Waals surface area (Å²) in [6, 6.07) is 7.41. The van der Waals surface area contributed by atoms with Gasteiger partial charge in [0.15, 0.2) is 0 Å². The van der Waals surface area contributed by atoms with E-state index in [1.807, 2.05) is 13.0 Å². The number of H-pyrrole nitrogens is 1. The largest absolute Gasteiger partial charge is 0.508 e. The monoisotopic (exact) mass is 528 g/mol. The second-order valence-corrected chi connectivity index (χ2v) is 10.3. The Morgan fingerprint density at radius 1 is 1.05 bits per heavy atom. The van der Waals surface area contributed by atoms with Crippen LogP contribution >= 0.6 is 0 Å². The number of nitrogens with one attached hydrogen (secondary N) is 2. The second-order valence-electron chi connectivity index (χ2n) is 10.3. The number of fused-ring (bicyclic) bond motifs is 5. The maximum absolute atomic E-state index is 12.8. The maximum atomic E-state index is 12.8. The number of carboxylic acid groups (broad SMARTS) is 1. The van der Waals surface area contributed by atoms with Crippen molar-refractivity contribution in [1.82, 2.24) is 10.3 Å². The van der Waals surface area contributed by atoms with Crippen molar-refractivity contribution in [3.05, 3.63) is 75.0 Å². The summed E-state index contributed by atoms with van der Waals surface area (Å²) in [5.74, 6) is -0.590. The number of rotatable bonds is 7. The smallest absolute Gasteiger partial charge is 0.339 e. The number of amides is 1. The van der Waals surface area contributed by atoms with Crippen molar-refractivity contribution in [1.29, 1.82) is 0 Å². The van der Waals surface area contributed by atoms with Crippen molar-refractivity contribution in [3.63, 3.8) is 0 Å². The molecular weight excluding hydrogens is 500 g/mol. The van der Waals surface area contributed by atoms with Gasteiger partial charge >= 0.3 is 11.6 Å². The molecule has 2 aromatic carbocycles. The highest BCUT2D eigenvalue weighted by molar-refractivity contribution is 5.97. The third-order valence-corrected chi connectivity index (χ3v) is 7.77. The van der Waals surface area contributed by atoms with E-state index in [1.54, 1.807) is 24.4 Å². The standard InChI is InChI=1S/C30H28N2O7/c1-15-18(30(37)39-26-13-27-22(12-20(15)26)19-4-2-3-5-25(19)38-27)7-9-28(34)32-24(29(35)36)10-16-14-31-23-8-6-17(33)11-21(16)23/h6,8,11-14,24,31,33H,2-5,7,9-10H2,1H3,(H,32,34)(H,35,36). The van der Waals surface area contributed by atoms with Crippen LogP contribution in [0, 0.1) is 6.92 Å². The highest BCUT2D eigenvalue weighted by atomic mass is 16.4. The summed E-state index contributed by atoms with van der Waals surface area (Å²) in [6.07, 6.45) is 5.83. The number of aromatic hydroxyl groups is 1. The van der Waals surface area contributed by atoms with Gasteiger partial charge in [-0.15, -0.1) is 0 Å². The van der Waals surface area contributed by atoms with Gasteiger partial charge in [0.05, 0.1) is 0 Å². The van der Waals surface area contributed by atoms with Crippen molar-refractivity contribution < 1.29 is 28.6 Å². The minimum atomic E-state index is -1.17. The van der Waals surface area contributed by atoms with E-state index in [2.05, 4.69) is 10.3 Å². The summed E-state index contributed by atoms with van der Waals surface area (Å²) in [7, 11) is 0. The lowest BCUT2D eigenvalue weighted by molar-refractivity contribution is -0.141. The van der Waals surface area contributed by atoms with Gasteiger partial charge in [0.25, 0.3) is 0 Å². The van der Waals surface area contributed by atoms with Gasteiger partial charge in [0.1, 0.15) is 28.7 Å². The maximum Gasteiger partial charge on any atom is 0.339 e. The number of hydrogen-bond acceptors (Lipinski definition) is 6. The Labute approximate surface area is 222 Å². The number of phenolic OH excluding ortho intramolecular Hbond substituents is 1. The van der Waals surface area contributed by atoms with Crippen LogP contribution < -0.4 is 10.9 Å². The zero-order valence-electron chi connectivity index (χ0n) is 21.4. The predicted molar refractivity (Wildman–Crippen MR) is 145 cm³/mol. The third kappa shape index (κ3) is 4.54. The fourth-order valence-corrected chi connectivity index (χ4v) is 5.69. The highest BCUT2D eigenvalue weighted by Gasteiger charge is 2.24. The van der Waals surface area contributed by atoms with Gasteiger partial charge in [-0.1, -0.05) is 0 Å². The van der Waals surface area contributed by atoms with Crippen molar-refractivity contribution in [2.45, 2.75) is 57.9 Å². The van der Waals surface area contributed by atoms with Crippen LogP contribution in [0.4, 0.5) is 0 Å². The molecule has 200 valence electrons. The van der Waals surface area contributed by atoms with Crippen molar-refractivity contribution >= 4 is 44.7 Å². The molecule has 9 nitrogen and oxygen atoms in total. The summed E-state index contributed by atoms with van der Waals surface area (Å²) < 4.78 is 11.7. The molecule has 4 N–H and O–H groups in total. The van der Waals surface area contributed by atoms with Gasteiger partial charge in [-0.2, -0.15) is 0 Å². The number of aromatic nitrogens is 1. The quantitative estimate of drug-likeness (QED) is 0.225. The SMILES string of the molecule is Cc1c(CCC(=O)NC(Cc2c[nH]c3ccc(O)cc23)C(=O)O)c(=O)oc2cc3oc4c(c3cc12)CCCC4. The van der Waals surface area contributed by atoms with Gasteiger partial charge in [0.2, 0.25) is 5.91 Å². The van der Waals surface area contributed by atoms with Crippen molar-refractivity contribution in [2.24, 2.45) is 0 Å². The minimum absolute atomic E-state index is 0.0344. The molecule has 0 radical (unpaired) electrons. The van der Waals surface area contributed by atoms with Gasteiger partial charge in [-0.25, -0.2) is 9.59 Å². The molecule has 0 saturated heterocycles. The summed E-state index contributed by atoms with van der Waals surface area (Å²) in [5.41, 5.74) is 4.42. The predicted octanol–water partition coefficient (Wildman–Crippen LogP) is 4.66. The lowest BCUT2D eigenvalue weighted by Crippen LogP contribution is -2.42. The number of aliphatic carboxylic acids is 1. The molecule has 0 aliphatic heterocycles. The summed E-state index contributed by atoms with van der Waals surface area (Å²) in [4.78, 5) is 40.6. The number of carbonyl (C=O) groups excluding carboxylic acids is 1. The Morgan fingerprint density at radius 3 is 2.67 bits per heavy atom. The highest BCUT2D eigenvalue weighted by Crippen LogP contribution is 2.35. The molecule has 5 aromatic rings. The lowest BCUT2D eigenvalue weighted by atomic mass is 9.94. The number of phenols is 1. The molecule has 1 aliphatic rings. The zero-order chi connectivity index (χ0) is 27.3. The van der Waals surface area contributed by atoms with E-state index < -0.39 is 23.5 Å². The topological polar surface area (TPSA) is 146 Å². The van der Waals surface area contributed by atoms with Crippen LogP contribution in [0.2, 0.25) is 0 Å². The normalized spacial score (nSPS) is 14.1. The molecular formula is C30H28N2O7. The molecule has 0 spiro atoms. The zero-order valence-corrected chi connectivity index (χ0v) is 21.4. The number of aryl methyl sites for hydroxylation is 3. The van der Waals surface area contributed by atoms with E-state index >= 15 is 0 Å². The van der Waals surface area contributed by atoms with Crippen LogP contribution in [-0.4, -0.2) is 33.1 Å². The van der Waals surface area contributed by atoms with Crippen LogP contribution in [0.15, 0.2) is 50.2 Å². The first-order chi connectivity index (χ1) is 18.8. The van der Waals surface area contributed by atoms with E-state index in [0.717, 1.165) is 53.3 Å². The first-order valence-electron chi connectivity index (χ1n) is 13.1. The molecule has 3 heterocycles. The van der Waals surface area contributed by atoms with Gasteiger partial charge in [0, 0.05) is 64.3 Å². The minimum Gasteiger partial charge on any atom is -0.508 e. The van der Waals surface area contributed by atoms with E-state index in [0.29, 0.717) is 27.7 Å². The Bertz CT molecular complexity index is 1820. The lowest BCUT2D eigenvalue weighted by Gasteiger charge is -2.15. The number of carbonyl (C=O) groups is 2. The van der Waals surface area contributed by atoms with Crippen LogP contribution in [0.3, 0.4) is 0 Å². The molecule has 1 amide bonds. The molecule has 0 bridgehead atoms. The molecule has 9 heteroatoms. The van der Waals surface area contributed by atoms with E-state index in [4.69, 9.17) is 8.83 Å². The van der Waals surface area contributed by atoms with Gasteiger partial charge in [-0.3, -0.25) is 4.79 Å². The van der Waals surface area contributed by atoms with E-state index in [-0.39, 0.29) is 25.0 Å². The summed E-state index contributed by atoms with van der Waals surface area (Å²) in [5, 5.41) is 24.7. The molecule has 39 heavy (non-hydrogen) atoms. The average molecular weight is 529 g/mol. The average Bonchev–Trinajstić information content (AvgIpc) is 3.47. The molecule has 0 fully saturated rings. The molecule has 0 saturated carbocycles. The summed E-state index contributed by atoms with van der Waals surface area (Å²) in [6.45, 7) is 1.84. The molecule has 3 aromatic heterocycles. The van der Waals surface area contributed by atoms with Gasteiger partial charge < -0.3 is 29.3 Å². The van der Waals surface area contributed by atoms with E-state index in [1.165, 1.54) is 11.6 Å². The first kappa shape index (κ1) is 24.8. The number of aromatic amines is 1. The fraction of sp³-hybridized carbons (Fsp3) is 0.300. The van der Waals surface area contributed by atoms with Crippen molar-refractivity contribution in [2.75, 3.05) is 0 Å². The Balaban J connectivity index is 1.21. The number of benzene rings is 2. The molecule has 6 rings (SSSR count). The first-order valence-corrected chi connectivity index (χ1v) is 13.1. The second kappa shape index (κ2) is 9.65. The molecule has 1 aliphatic carbocycles. The number of carboxylic acids is 1. The fourth-order valence-electron chi connectivity index (χ4n) is 5.69. The van der Waals surface area contributed by atoms with Crippen molar-refractivity contribution in [3.8, 4) is 5.75 Å². The Morgan fingerprint density at radius 2 is 1.85 bits per heavy atom. The van der Waals surface area contributed by atoms with Crippen LogP contribution in [0.5, 0.6) is 5.75 Å². The Kier molecular flexibility index (Phi) is 6.13. The Hall–Kier alpha value is -4.53. The molecule has 1 atom stereocenters. The molecule has 1 unspecified atom stereocenters. The third-order valence-electron chi connectivity index (χ3n) is 7.77. The summed E-state index contributed by atoms with van der Waals surface area (Å²) >= 11 is 0. The van der Waals surface area contributed by atoms with Crippen LogP contribution in [0.1, 0.15) is 47.3 Å².